The van der Waals surface area contributed by atoms with Gasteiger partial charge in [-0.2, -0.15) is 0 Å². The monoisotopic (exact) mass is 582 g/mol. The number of benzene rings is 5. The summed E-state index contributed by atoms with van der Waals surface area (Å²) in [4.78, 5) is 10.0. The second-order valence-electron chi connectivity index (χ2n) is 10.4. The van der Waals surface area contributed by atoms with Crippen molar-refractivity contribution in [3.8, 4) is 23.0 Å². The van der Waals surface area contributed by atoms with E-state index in [0.717, 1.165) is 35.5 Å². The molecule has 0 spiro atoms. The van der Waals surface area contributed by atoms with E-state index in [4.69, 9.17) is 28.9 Å². The number of hydrogen-bond acceptors (Lipinski definition) is 6. The Balaban J connectivity index is 1.32. The van der Waals surface area contributed by atoms with E-state index >= 15 is 0 Å². The molecule has 6 nitrogen and oxygen atoms in total. The summed E-state index contributed by atoms with van der Waals surface area (Å²) >= 11 is 0. The molecule has 0 saturated heterocycles. The summed E-state index contributed by atoms with van der Waals surface area (Å²) in [6.45, 7) is 0.416. The van der Waals surface area contributed by atoms with Crippen LogP contribution in [0.5, 0.6) is 23.0 Å². The summed E-state index contributed by atoms with van der Waals surface area (Å²) in [5.74, 6) is 2.83. The van der Waals surface area contributed by atoms with Crippen LogP contribution in [0.2, 0.25) is 0 Å². The molecule has 0 amide bonds. The summed E-state index contributed by atoms with van der Waals surface area (Å²) < 4.78 is 24.2. The molecule has 0 unspecified atom stereocenters. The van der Waals surface area contributed by atoms with Crippen molar-refractivity contribution in [3.05, 3.63) is 155 Å². The molecule has 0 fully saturated rings. The van der Waals surface area contributed by atoms with Gasteiger partial charge in [0.05, 0.1) is 14.2 Å². The average Bonchev–Trinajstić information content (AvgIpc) is 3.07. The van der Waals surface area contributed by atoms with Crippen molar-refractivity contribution in [2.24, 2.45) is 0 Å². The number of methoxy groups -OCH3 is 2. The van der Waals surface area contributed by atoms with Gasteiger partial charge in [0.2, 0.25) is 0 Å². The van der Waals surface area contributed by atoms with Crippen LogP contribution >= 0.6 is 0 Å². The van der Waals surface area contributed by atoms with E-state index < -0.39 is 0 Å². The maximum atomic E-state index is 6.44. The van der Waals surface area contributed by atoms with Gasteiger partial charge in [-0.15, -0.1) is 0 Å². The quantitative estimate of drug-likeness (QED) is 0.146. The van der Waals surface area contributed by atoms with Crippen LogP contribution in [0.25, 0.3) is 11.0 Å². The van der Waals surface area contributed by atoms with Gasteiger partial charge in [0.15, 0.2) is 0 Å². The van der Waals surface area contributed by atoms with E-state index in [2.05, 4.69) is 60.7 Å². The first-order valence-electron chi connectivity index (χ1n) is 14.6. The highest BCUT2D eigenvalue weighted by molar-refractivity contribution is 5.87. The molecule has 0 atom stereocenters. The largest absolute Gasteiger partial charge is 0.494 e. The van der Waals surface area contributed by atoms with Crippen LogP contribution in [-0.2, 0) is 26.1 Å². The van der Waals surface area contributed by atoms with Crippen molar-refractivity contribution in [1.29, 1.82) is 0 Å². The number of aromatic nitrogens is 2. The van der Waals surface area contributed by atoms with Crippen molar-refractivity contribution < 1.29 is 18.9 Å². The first-order valence-corrected chi connectivity index (χ1v) is 14.6. The lowest BCUT2D eigenvalue weighted by molar-refractivity contribution is 0.275. The lowest BCUT2D eigenvalue weighted by Gasteiger charge is -2.17. The Kier molecular flexibility index (Phi) is 8.98. The van der Waals surface area contributed by atoms with E-state index in [-0.39, 0.29) is 13.2 Å². The molecule has 5 aromatic carbocycles. The molecule has 1 heterocycles. The molecule has 6 rings (SSSR count). The van der Waals surface area contributed by atoms with Crippen LogP contribution in [0.4, 0.5) is 0 Å². The molecule has 0 aliphatic carbocycles. The summed E-state index contributed by atoms with van der Waals surface area (Å²) in [6.07, 6.45) is 1.53. The van der Waals surface area contributed by atoms with Gasteiger partial charge in [-0.3, -0.25) is 0 Å². The molecule has 0 aliphatic rings. The molecule has 0 aliphatic heterocycles. The Bertz CT molecular complexity index is 1710. The second kappa shape index (κ2) is 13.7. The zero-order chi connectivity index (χ0) is 30.1. The Morgan fingerprint density at radius 2 is 0.818 bits per heavy atom. The van der Waals surface area contributed by atoms with E-state index in [0.29, 0.717) is 33.9 Å². The molecule has 220 valence electrons. The minimum atomic E-state index is 0.208. The second-order valence-corrected chi connectivity index (χ2v) is 10.4. The van der Waals surface area contributed by atoms with Crippen LogP contribution < -0.4 is 18.9 Å². The van der Waals surface area contributed by atoms with Crippen molar-refractivity contribution >= 4 is 11.0 Å². The molecule has 6 aromatic rings. The predicted octanol–water partition coefficient (Wildman–Crippen LogP) is 7.99. The first-order chi connectivity index (χ1) is 21.7. The molecule has 0 saturated carbocycles. The molecular weight excluding hydrogens is 548 g/mol. The Morgan fingerprint density at radius 1 is 0.432 bits per heavy atom. The van der Waals surface area contributed by atoms with Gasteiger partial charge in [-0.1, -0.05) is 97.1 Å². The smallest absolute Gasteiger partial charge is 0.146 e. The highest BCUT2D eigenvalue weighted by atomic mass is 16.5. The fourth-order valence-corrected chi connectivity index (χ4v) is 5.22. The highest BCUT2D eigenvalue weighted by Gasteiger charge is 2.18. The number of ether oxygens (including phenoxy) is 4. The zero-order valence-corrected chi connectivity index (χ0v) is 24.9. The van der Waals surface area contributed by atoms with Gasteiger partial charge in [0.25, 0.3) is 0 Å². The SMILES string of the molecule is COc1ccc(OC)c2nc(COc3ccccc3Cc3ccccc3)c(COc3ccccc3Cc3ccccc3)nc12. The fourth-order valence-electron chi connectivity index (χ4n) is 5.22. The van der Waals surface area contributed by atoms with Crippen LogP contribution in [-0.4, -0.2) is 24.2 Å². The third-order valence-corrected chi connectivity index (χ3v) is 7.49. The van der Waals surface area contributed by atoms with Gasteiger partial charge in [0, 0.05) is 12.8 Å². The Morgan fingerprint density at radius 3 is 1.23 bits per heavy atom. The molecule has 6 heteroatoms. The van der Waals surface area contributed by atoms with Gasteiger partial charge < -0.3 is 18.9 Å². The van der Waals surface area contributed by atoms with Crippen LogP contribution in [0, 0.1) is 0 Å². The highest BCUT2D eigenvalue weighted by Crippen LogP contribution is 2.32. The third kappa shape index (κ3) is 6.65. The summed E-state index contributed by atoms with van der Waals surface area (Å²) in [6, 6.07) is 40.6. The molecule has 44 heavy (non-hydrogen) atoms. The van der Waals surface area contributed by atoms with Crippen molar-refractivity contribution in [3.63, 3.8) is 0 Å². The number of nitrogens with zero attached hydrogens (tertiary/aromatic N) is 2. The first kappa shape index (κ1) is 28.7. The van der Waals surface area contributed by atoms with Gasteiger partial charge in [0.1, 0.15) is 58.6 Å². The molecule has 0 bridgehead atoms. The van der Waals surface area contributed by atoms with E-state index in [1.807, 2.05) is 60.7 Å². The van der Waals surface area contributed by atoms with Gasteiger partial charge >= 0.3 is 0 Å². The van der Waals surface area contributed by atoms with E-state index in [1.165, 1.54) is 11.1 Å². The van der Waals surface area contributed by atoms with E-state index in [1.54, 1.807) is 14.2 Å². The molecule has 0 radical (unpaired) electrons. The maximum Gasteiger partial charge on any atom is 0.146 e. The van der Waals surface area contributed by atoms with Crippen molar-refractivity contribution in [1.82, 2.24) is 9.97 Å². The molecule has 0 N–H and O–H groups in total. The topological polar surface area (TPSA) is 62.7 Å². The maximum absolute atomic E-state index is 6.44. The third-order valence-electron chi connectivity index (χ3n) is 7.49. The Labute approximate surface area is 257 Å². The number of rotatable bonds is 12. The van der Waals surface area contributed by atoms with Gasteiger partial charge in [-0.25, -0.2) is 9.97 Å². The summed E-state index contributed by atoms with van der Waals surface area (Å²) in [5, 5.41) is 0. The van der Waals surface area contributed by atoms with Crippen molar-refractivity contribution in [2.45, 2.75) is 26.1 Å². The lowest BCUT2D eigenvalue weighted by Crippen LogP contribution is -2.11. The van der Waals surface area contributed by atoms with Crippen LogP contribution in [0.1, 0.15) is 33.6 Å². The zero-order valence-electron chi connectivity index (χ0n) is 24.9. The predicted molar refractivity (Wildman–Crippen MR) is 173 cm³/mol. The number of para-hydroxylation sites is 2. The number of hydrogen-bond donors (Lipinski definition) is 0. The standard InChI is InChI=1S/C38H34N2O4/c1-41-35-21-22-36(42-2)38-37(35)39-31(25-43-33-19-11-9-17-29(33)23-27-13-5-3-6-14-27)32(40-38)26-44-34-20-12-10-18-30(34)24-28-15-7-4-8-16-28/h3-22H,23-26H2,1-2H3. The summed E-state index contributed by atoms with van der Waals surface area (Å²) in [7, 11) is 3.25. The van der Waals surface area contributed by atoms with Crippen molar-refractivity contribution in [2.75, 3.05) is 14.2 Å². The molecule has 1 aromatic heterocycles. The van der Waals surface area contributed by atoms with Gasteiger partial charge in [-0.05, 0) is 46.5 Å². The minimum absolute atomic E-state index is 0.208. The van der Waals surface area contributed by atoms with E-state index in [9.17, 15) is 0 Å². The minimum Gasteiger partial charge on any atom is -0.494 e. The van der Waals surface area contributed by atoms with Crippen LogP contribution in [0.15, 0.2) is 121 Å². The summed E-state index contributed by atoms with van der Waals surface area (Å²) in [5.41, 5.74) is 7.17. The Hall–Kier alpha value is -5.36. The van der Waals surface area contributed by atoms with Crippen LogP contribution in [0.3, 0.4) is 0 Å². The number of fused-ring (bicyclic) bond motifs is 1. The normalized spacial score (nSPS) is 10.9. The fraction of sp³-hybridized carbons (Fsp3) is 0.158. The average molecular weight is 583 g/mol. The molecular formula is C38H34N2O4. The lowest BCUT2D eigenvalue weighted by atomic mass is 10.0.